The lowest BCUT2D eigenvalue weighted by molar-refractivity contribution is 0.0973. The Morgan fingerprint density at radius 3 is 2.52 bits per heavy atom. The average molecular weight is 281 g/mol. The van der Waals surface area contributed by atoms with Crippen molar-refractivity contribution in [3.8, 4) is 5.75 Å². The van der Waals surface area contributed by atoms with Crippen molar-refractivity contribution >= 4 is 17.4 Å². The van der Waals surface area contributed by atoms with Crippen LogP contribution in [0.4, 0.5) is 5.69 Å². The van der Waals surface area contributed by atoms with Crippen molar-refractivity contribution in [2.24, 2.45) is 0 Å². The summed E-state index contributed by atoms with van der Waals surface area (Å²) in [6.07, 6.45) is 1.10. The fourth-order valence-electron chi connectivity index (χ4n) is 2.57. The molecule has 0 aliphatic carbocycles. The Bertz CT molecular complexity index is 691. The van der Waals surface area contributed by atoms with Crippen LogP contribution < -0.4 is 4.90 Å². The molecule has 0 saturated heterocycles. The molecule has 1 aliphatic heterocycles. The van der Waals surface area contributed by atoms with Crippen LogP contribution in [0.15, 0.2) is 48.5 Å². The van der Waals surface area contributed by atoms with E-state index in [0.717, 1.165) is 0 Å². The van der Waals surface area contributed by atoms with Gasteiger partial charge in [0.15, 0.2) is 5.78 Å². The molecular weight excluding hydrogens is 266 g/mol. The molecule has 21 heavy (non-hydrogen) atoms. The van der Waals surface area contributed by atoms with Crippen LogP contribution in [-0.4, -0.2) is 23.3 Å². The second-order valence-electron chi connectivity index (χ2n) is 5.05. The highest BCUT2D eigenvalue weighted by molar-refractivity contribution is 6.11. The Labute approximate surface area is 122 Å². The number of phenolic OH excluding ortho intramolecular Hbond substituents is 1. The van der Waals surface area contributed by atoms with Gasteiger partial charge in [0, 0.05) is 24.1 Å². The third-order valence-corrected chi connectivity index (χ3v) is 3.64. The Hall–Kier alpha value is -2.62. The first kappa shape index (κ1) is 13.4. The number of hydrogen-bond acceptors (Lipinski definition) is 3. The van der Waals surface area contributed by atoms with Gasteiger partial charge in [-0.3, -0.25) is 9.59 Å². The van der Waals surface area contributed by atoms with Crippen LogP contribution in [-0.2, 0) is 0 Å². The van der Waals surface area contributed by atoms with Crippen molar-refractivity contribution in [3.05, 3.63) is 59.7 Å². The minimum absolute atomic E-state index is 0.0756. The van der Waals surface area contributed by atoms with Crippen LogP contribution in [0.25, 0.3) is 0 Å². The molecule has 1 N–H and O–H groups in total. The predicted molar refractivity (Wildman–Crippen MR) is 79.8 cm³/mol. The summed E-state index contributed by atoms with van der Waals surface area (Å²) in [5, 5.41) is 9.32. The number of benzene rings is 2. The SMILES string of the molecule is O=C1CCCN(C(=O)c2ccc(O)cc2)c2ccccc21. The normalized spacial score (nSPS) is 14.5. The zero-order valence-electron chi connectivity index (χ0n) is 11.5. The van der Waals surface area contributed by atoms with Crippen LogP contribution in [0.1, 0.15) is 33.6 Å². The van der Waals surface area contributed by atoms with E-state index in [1.807, 2.05) is 12.1 Å². The highest BCUT2D eigenvalue weighted by Crippen LogP contribution is 2.27. The van der Waals surface area contributed by atoms with Gasteiger partial charge in [-0.05, 0) is 42.8 Å². The van der Waals surface area contributed by atoms with Gasteiger partial charge in [0.25, 0.3) is 5.91 Å². The minimum Gasteiger partial charge on any atom is -0.508 e. The van der Waals surface area contributed by atoms with Crippen LogP contribution >= 0.6 is 0 Å². The molecule has 0 fully saturated rings. The van der Waals surface area contributed by atoms with E-state index in [9.17, 15) is 14.7 Å². The zero-order valence-corrected chi connectivity index (χ0v) is 11.5. The fraction of sp³-hybridized carbons (Fsp3) is 0.176. The average Bonchev–Trinajstić information content (AvgIpc) is 2.67. The lowest BCUT2D eigenvalue weighted by Gasteiger charge is -2.22. The number of para-hydroxylation sites is 1. The van der Waals surface area contributed by atoms with Gasteiger partial charge in [-0.15, -0.1) is 0 Å². The third kappa shape index (κ3) is 2.52. The molecule has 0 aromatic heterocycles. The van der Waals surface area contributed by atoms with Crippen molar-refractivity contribution < 1.29 is 14.7 Å². The maximum atomic E-state index is 12.7. The van der Waals surface area contributed by atoms with E-state index in [-0.39, 0.29) is 17.4 Å². The van der Waals surface area contributed by atoms with Crippen molar-refractivity contribution in [1.29, 1.82) is 0 Å². The lowest BCUT2D eigenvalue weighted by atomic mass is 10.1. The maximum Gasteiger partial charge on any atom is 0.258 e. The second-order valence-corrected chi connectivity index (χ2v) is 5.05. The van der Waals surface area contributed by atoms with E-state index in [1.54, 1.807) is 29.2 Å². The monoisotopic (exact) mass is 281 g/mol. The molecule has 0 unspecified atom stereocenters. The molecule has 1 amide bonds. The summed E-state index contributed by atoms with van der Waals surface area (Å²) < 4.78 is 0. The summed E-state index contributed by atoms with van der Waals surface area (Å²) >= 11 is 0. The molecule has 1 heterocycles. The highest BCUT2D eigenvalue weighted by atomic mass is 16.3. The zero-order chi connectivity index (χ0) is 14.8. The standard InChI is InChI=1S/C17H15NO3/c19-13-9-7-12(8-10-13)17(21)18-11-3-6-16(20)14-4-1-2-5-15(14)18/h1-2,4-5,7-10,19H,3,6,11H2. The number of ketones is 1. The van der Waals surface area contributed by atoms with Crippen molar-refractivity contribution in [2.45, 2.75) is 12.8 Å². The molecule has 3 rings (SSSR count). The van der Waals surface area contributed by atoms with Gasteiger partial charge in [0.1, 0.15) is 5.75 Å². The molecule has 4 nitrogen and oxygen atoms in total. The summed E-state index contributed by atoms with van der Waals surface area (Å²) in [6.45, 7) is 0.516. The number of rotatable bonds is 1. The number of aromatic hydroxyl groups is 1. The maximum absolute atomic E-state index is 12.7. The molecule has 0 bridgehead atoms. The number of hydrogen-bond donors (Lipinski definition) is 1. The summed E-state index contributed by atoms with van der Waals surface area (Å²) in [6, 6.07) is 13.4. The summed E-state index contributed by atoms with van der Waals surface area (Å²) in [4.78, 5) is 26.4. The number of carbonyl (C=O) groups is 2. The molecule has 4 heteroatoms. The van der Waals surface area contributed by atoms with Crippen molar-refractivity contribution in [2.75, 3.05) is 11.4 Å². The van der Waals surface area contributed by atoms with Crippen LogP contribution in [0.3, 0.4) is 0 Å². The van der Waals surface area contributed by atoms with E-state index in [1.165, 1.54) is 12.1 Å². The van der Waals surface area contributed by atoms with Crippen LogP contribution in [0.2, 0.25) is 0 Å². The summed E-state index contributed by atoms with van der Waals surface area (Å²) in [5.74, 6) is 0.0433. The minimum atomic E-state index is -0.155. The van der Waals surface area contributed by atoms with Crippen LogP contribution in [0.5, 0.6) is 5.75 Å². The van der Waals surface area contributed by atoms with E-state index in [4.69, 9.17) is 0 Å². The molecule has 0 spiro atoms. The summed E-state index contributed by atoms with van der Waals surface area (Å²) in [5.41, 5.74) is 1.76. The molecule has 106 valence electrons. The Balaban J connectivity index is 2.01. The predicted octanol–water partition coefficient (Wildman–Crippen LogP) is 3.02. The Kier molecular flexibility index (Phi) is 3.44. The van der Waals surface area contributed by atoms with E-state index in [0.29, 0.717) is 36.2 Å². The molecule has 2 aromatic carbocycles. The van der Waals surface area contributed by atoms with Crippen LogP contribution in [0, 0.1) is 0 Å². The largest absolute Gasteiger partial charge is 0.508 e. The van der Waals surface area contributed by atoms with Gasteiger partial charge < -0.3 is 10.0 Å². The molecule has 2 aromatic rings. The number of nitrogens with zero attached hydrogens (tertiary/aromatic N) is 1. The number of Topliss-reactive ketones (excluding diaryl/α,β-unsaturated/α-hetero) is 1. The molecule has 0 saturated carbocycles. The molecular formula is C17H15NO3. The third-order valence-electron chi connectivity index (χ3n) is 3.64. The van der Waals surface area contributed by atoms with E-state index in [2.05, 4.69) is 0 Å². The quantitative estimate of drug-likeness (QED) is 0.874. The van der Waals surface area contributed by atoms with Crippen molar-refractivity contribution in [1.82, 2.24) is 0 Å². The molecule has 1 aliphatic rings. The van der Waals surface area contributed by atoms with E-state index >= 15 is 0 Å². The number of carbonyl (C=O) groups excluding carboxylic acids is 2. The van der Waals surface area contributed by atoms with E-state index < -0.39 is 0 Å². The van der Waals surface area contributed by atoms with Gasteiger partial charge >= 0.3 is 0 Å². The first-order valence-corrected chi connectivity index (χ1v) is 6.90. The number of amides is 1. The topological polar surface area (TPSA) is 57.6 Å². The fourth-order valence-corrected chi connectivity index (χ4v) is 2.57. The number of fused-ring (bicyclic) bond motifs is 1. The highest BCUT2D eigenvalue weighted by Gasteiger charge is 2.25. The first-order chi connectivity index (χ1) is 10.2. The smallest absolute Gasteiger partial charge is 0.258 e. The Morgan fingerprint density at radius 1 is 1.05 bits per heavy atom. The lowest BCUT2D eigenvalue weighted by Crippen LogP contribution is -2.31. The molecule has 0 atom stereocenters. The van der Waals surface area contributed by atoms with Gasteiger partial charge in [0.2, 0.25) is 0 Å². The van der Waals surface area contributed by atoms with Gasteiger partial charge in [-0.25, -0.2) is 0 Å². The summed E-state index contributed by atoms with van der Waals surface area (Å²) in [7, 11) is 0. The number of anilines is 1. The van der Waals surface area contributed by atoms with Gasteiger partial charge in [-0.2, -0.15) is 0 Å². The number of phenols is 1. The molecule has 0 radical (unpaired) electrons. The second kappa shape index (κ2) is 5.40. The van der Waals surface area contributed by atoms with Gasteiger partial charge in [-0.1, -0.05) is 12.1 Å². The van der Waals surface area contributed by atoms with Gasteiger partial charge in [0.05, 0.1) is 5.69 Å². The first-order valence-electron chi connectivity index (χ1n) is 6.90. The van der Waals surface area contributed by atoms with Crippen molar-refractivity contribution in [3.63, 3.8) is 0 Å². The Morgan fingerprint density at radius 2 is 1.76 bits per heavy atom.